The first-order valence-corrected chi connectivity index (χ1v) is 4.69. The predicted octanol–water partition coefficient (Wildman–Crippen LogP) is 0.853. The summed E-state index contributed by atoms with van der Waals surface area (Å²) in [4.78, 5) is 15.6. The van der Waals surface area contributed by atoms with Crippen LogP contribution < -0.4 is 10.6 Å². The van der Waals surface area contributed by atoms with E-state index < -0.39 is 0 Å². The van der Waals surface area contributed by atoms with Crippen LogP contribution in [0.25, 0.3) is 0 Å². The molecule has 0 bridgehead atoms. The molecule has 1 aromatic heterocycles. The number of pyridine rings is 1. The van der Waals surface area contributed by atoms with Crippen LogP contribution >= 0.6 is 0 Å². The summed E-state index contributed by atoms with van der Waals surface area (Å²) in [5.41, 5.74) is 2.28. The van der Waals surface area contributed by atoms with Gasteiger partial charge in [0.15, 0.2) is 0 Å². The number of hydrogen-bond acceptors (Lipinski definition) is 3. The molecule has 0 fully saturated rings. The lowest BCUT2D eigenvalue weighted by atomic mass is 10.1. The van der Waals surface area contributed by atoms with E-state index in [1.165, 1.54) is 0 Å². The van der Waals surface area contributed by atoms with E-state index in [0.29, 0.717) is 12.1 Å². The van der Waals surface area contributed by atoms with Crippen LogP contribution in [0.3, 0.4) is 0 Å². The third-order valence-electron chi connectivity index (χ3n) is 2.10. The van der Waals surface area contributed by atoms with Gasteiger partial charge in [0.2, 0.25) is 0 Å². The fraction of sp³-hybridized carbons (Fsp3) is 0.273. The molecular formula is C11H15N3O. The van der Waals surface area contributed by atoms with Crippen LogP contribution in [0, 0.1) is 6.92 Å². The summed E-state index contributed by atoms with van der Waals surface area (Å²) in [6.45, 7) is 6.02. The van der Waals surface area contributed by atoms with Gasteiger partial charge in [-0.05, 0) is 18.6 Å². The van der Waals surface area contributed by atoms with E-state index >= 15 is 0 Å². The van der Waals surface area contributed by atoms with Crippen molar-refractivity contribution in [3.63, 3.8) is 0 Å². The average Bonchev–Trinajstić information content (AvgIpc) is 2.26. The summed E-state index contributed by atoms with van der Waals surface area (Å²) < 4.78 is 0. The molecule has 15 heavy (non-hydrogen) atoms. The fourth-order valence-corrected chi connectivity index (χ4v) is 1.07. The maximum atomic E-state index is 11.7. The SMILES string of the molecule is C=C(CNC(=O)c1cnccc1C)NC. The van der Waals surface area contributed by atoms with Gasteiger partial charge in [0.1, 0.15) is 0 Å². The highest BCUT2D eigenvalue weighted by Gasteiger charge is 2.07. The summed E-state index contributed by atoms with van der Waals surface area (Å²) in [5, 5.41) is 5.61. The van der Waals surface area contributed by atoms with Gasteiger partial charge < -0.3 is 10.6 Å². The Balaban J connectivity index is 2.62. The lowest BCUT2D eigenvalue weighted by Crippen LogP contribution is -2.29. The minimum atomic E-state index is -0.128. The van der Waals surface area contributed by atoms with Crippen molar-refractivity contribution in [3.05, 3.63) is 41.9 Å². The van der Waals surface area contributed by atoms with Crippen LogP contribution in [0.1, 0.15) is 15.9 Å². The summed E-state index contributed by atoms with van der Waals surface area (Å²) in [6, 6.07) is 1.81. The highest BCUT2D eigenvalue weighted by Crippen LogP contribution is 2.04. The number of nitrogens with zero attached hydrogens (tertiary/aromatic N) is 1. The minimum absolute atomic E-state index is 0.128. The van der Waals surface area contributed by atoms with E-state index in [1.54, 1.807) is 19.4 Å². The van der Waals surface area contributed by atoms with Crippen molar-refractivity contribution < 1.29 is 4.79 Å². The first-order chi connectivity index (χ1) is 7.15. The van der Waals surface area contributed by atoms with E-state index in [2.05, 4.69) is 22.2 Å². The van der Waals surface area contributed by atoms with E-state index in [9.17, 15) is 4.79 Å². The van der Waals surface area contributed by atoms with Gasteiger partial charge >= 0.3 is 0 Å². The fourth-order valence-electron chi connectivity index (χ4n) is 1.07. The van der Waals surface area contributed by atoms with Crippen molar-refractivity contribution in [2.45, 2.75) is 6.92 Å². The van der Waals surface area contributed by atoms with E-state index in [1.807, 2.05) is 13.0 Å². The highest BCUT2D eigenvalue weighted by molar-refractivity contribution is 5.95. The number of likely N-dealkylation sites (N-methyl/N-ethyl adjacent to an activating group) is 1. The summed E-state index contributed by atoms with van der Waals surface area (Å²) in [5.74, 6) is -0.128. The summed E-state index contributed by atoms with van der Waals surface area (Å²) >= 11 is 0. The first kappa shape index (κ1) is 11.2. The van der Waals surface area contributed by atoms with Crippen molar-refractivity contribution in [3.8, 4) is 0 Å². The van der Waals surface area contributed by atoms with E-state index in [-0.39, 0.29) is 5.91 Å². The molecule has 0 aromatic carbocycles. The van der Waals surface area contributed by atoms with Crippen LogP contribution in [0.2, 0.25) is 0 Å². The number of carbonyl (C=O) groups is 1. The molecule has 4 heteroatoms. The molecule has 0 unspecified atom stereocenters. The third kappa shape index (κ3) is 3.09. The van der Waals surface area contributed by atoms with Crippen LogP contribution in [-0.2, 0) is 0 Å². The summed E-state index contributed by atoms with van der Waals surface area (Å²) in [6.07, 6.45) is 3.23. The van der Waals surface area contributed by atoms with Gasteiger partial charge in [0, 0.05) is 25.1 Å². The Kier molecular flexibility index (Phi) is 3.85. The molecule has 0 radical (unpaired) electrons. The molecule has 0 spiro atoms. The average molecular weight is 205 g/mol. The quantitative estimate of drug-likeness (QED) is 0.766. The van der Waals surface area contributed by atoms with Crippen molar-refractivity contribution in [2.24, 2.45) is 0 Å². The Labute approximate surface area is 89.4 Å². The highest BCUT2D eigenvalue weighted by atomic mass is 16.1. The molecule has 1 aromatic rings. The number of amides is 1. The van der Waals surface area contributed by atoms with Crippen LogP contribution in [0.15, 0.2) is 30.7 Å². The monoisotopic (exact) mass is 205 g/mol. The topological polar surface area (TPSA) is 54.0 Å². The number of carbonyl (C=O) groups excluding carboxylic acids is 1. The maximum absolute atomic E-state index is 11.7. The summed E-state index contributed by atoms with van der Waals surface area (Å²) in [7, 11) is 1.77. The molecule has 0 atom stereocenters. The smallest absolute Gasteiger partial charge is 0.253 e. The zero-order valence-electron chi connectivity index (χ0n) is 9.00. The van der Waals surface area contributed by atoms with Gasteiger partial charge in [-0.15, -0.1) is 0 Å². The zero-order valence-corrected chi connectivity index (χ0v) is 9.00. The second-order valence-electron chi connectivity index (χ2n) is 3.23. The van der Waals surface area contributed by atoms with Gasteiger partial charge in [-0.2, -0.15) is 0 Å². The Morgan fingerprint density at radius 1 is 1.60 bits per heavy atom. The van der Waals surface area contributed by atoms with Gasteiger partial charge in [-0.25, -0.2) is 0 Å². The van der Waals surface area contributed by atoms with Crippen molar-refractivity contribution in [2.75, 3.05) is 13.6 Å². The number of nitrogens with one attached hydrogen (secondary N) is 2. The molecule has 0 aliphatic rings. The molecular weight excluding hydrogens is 190 g/mol. The number of rotatable bonds is 4. The van der Waals surface area contributed by atoms with Crippen LogP contribution in [0.4, 0.5) is 0 Å². The second-order valence-corrected chi connectivity index (χ2v) is 3.23. The normalized spacial score (nSPS) is 9.47. The van der Waals surface area contributed by atoms with Crippen LogP contribution in [-0.4, -0.2) is 24.5 Å². The van der Waals surface area contributed by atoms with Gasteiger partial charge in [-0.1, -0.05) is 6.58 Å². The molecule has 0 aliphatic heterocycles. The predicted molar refractivity (Wildman–Crippen MR) is 59.5 cm³/mol. The Hall–Kier alpha value is -1.84. The van der Waals surface area contributed by atoms with E-state index in [0.717, 1.165) is 11.3 Å². The van der Waals surface area contributed by atoms with Crippen molar-refractivity contribution in [1.29, 1.82) is 0 Å². The zero-order chi connectivity index (χ0) is 11.3. The van der Waals surface area contributed by atoms with Gasteiger partial charge in [-0.3, -0.25) is 9.78 Å². The first-order valence-electron chi connectivity index (χ1n) is 4.69. The number of aryl methyl sites for hydroxylation is 1. The second kappa shape index (κ2) is 5.14. The molecule has 2 N–H and O–H groups in total. The molecule has 0 saturated heterocycles. The molecule has 0 aliphatic carbocycles. The van der Waals surface area contributed by atoms with Gasteiger partial charge in [0.05, 0.1) is 12.1 Å². The standard InChI is InChI=1S/C11H15N3O/c1-8-4-5-13-7-10(8)11(15)14-6-9(2)12-3/h4-5,7,12H,2,6H2,1,3H3,(H,14,15). The largest absolute Gasteiger partial charge is 0.390 e. The number of hydrogen-bond donors (Lipinski definition) is 2. The Morgan fingerprint density at radius 3 is 2.93 bits per heavy atom. The molecule has 0 saturated carbocycles. The molecule has 1 amide bonds. The Morgan fingerprint density at radius 2 is 2.33 bits per heavy atom. The molecule has 4 nitrogen and oxygen atoms in total. The lowest BCUT2D eigenvalue weighted by Gasteiger charge is -2.08. The van der Waals surface area contributed by atoms with Crippen molar-refractivity contribution in [1.82, 2.24) is 15.6 Å². The molecule has 1 heterocycles. The van der Waals surface area contributed by atoms with E-state index in [4.69, 9.17) is 0 Å². The lowest BCUT2D eigenvalue weighted by molar-refractivity contribution is 0.0955. The molecule has 1 rings (SSSR count). The number of aromatic nitrogens is 1. The Bertz CT molecular complexity index is 374. The molecule has 80 valence electrons. The van der Waals surface area contributed by atoms with Crippen LogP contribution in [0.5, 0.6) is 0 Å². The minimum Gasteiger partial charge on any atom is -0.390 e. The van der Waals surface area contributed by atoms with Gasteiger partial charge in [0.25, 0.3) is 5.91 Å². The van der Waals surface area contributed by atoms with Crippen molar-refractivity contribution >= 4 is 5.91 Å². The maximum Gasteiger partial charge on any atom is 0.253 e. The third-order valence-corrected chi connectivity index (χ3v) is 2.10.